The summed E-state index contributed by atoms with van der Waals surface area (Å²) in [5.74, 6) is 0.471. The quantitative estimate of drug-likeness (QED) is 0.841. The predicted octanol–water partition coefficient (Wildman–Crippen LogP) is 3.16. The van der Waals surface area contributed by atoms with Gasteiger partial charge in [-0.25, -0.2) is 0 Å². The van der Waals surface area contributed by atoms with Crippen molar-refractivity contribution in [3.63, 3.8) is 0 Å². The van der Waals surface area contributed by atoms with Gasteiger partial charge in [-0.3, -0.25) is 4.79 Å². The molecule has 1 amide bonds. The summed E-state index contributed by atoms with van der Waals surface area (Å²) in [5.41, 5.74) is 4.61. The van der Waals surface area contributed by atoms with E-state index in [1.54, 1.807) is 0 Å². The average molecular weight is 263 g/mol. The van der Waals surface area contributed by atoms with Gasteiger partial charge in [-0.05, 0) is 24.1 Å². The van der Waals surface area contributed by atoms with Crippen molar-refractivity contribution in [3.05, 3.63) is 70.8 Å². The molecule has 1 saturated carbocycles. The molecule has 1 aliphatic carbocycles. The van der Waals surface area contributed by atoms with Gasteiger partial charge in [-0.1, -0.05) is 55.0 Å². The second kappa shape index (κ2) is 3.72. The molecule has 2 aliphatic rings. The van der Waals surface area contributed by atoms with Crippen molar-refractivity contribution in [1.29, 1.82) is 0 Å². The number of rotatable bonds is 1. The molecule has 2 heteroatoms. The number of benzene rings is 2. The Morgan fingerprint density at radius 3 is 2.60 bits per heavy atom. The summed E-state index contributed by atoms with van der Waals surface area (Å²) in [7, 11) is 0. The van der Waals surface area contributed by atoms with E-state index in [0.717, 1.165) is 5.56 Å². The van der Waals surface area contributed by atoms with Crippen LogP contribution >= 0.6 is 0 Å². The van der Waals surface area contributed by atoms with E-state index in [1.165, 1.54) is 16.7 Å². The van der Waals surface area contributed by atoms with Crippen molar-refractivity contribution in [1.82, 2.24) is 5.32 Å². The van der Waals surface area contributed by atoms with Crippen molar-refractivity contribution in [2.75, 3.05) is 0 Å². The number of carbonyl (C=O) groups excluding carboxylic acids is 1. The highest BCUT2D eigenvalue weighted by atomic mass is 16.1. The van der Waals surface area contributed by atoms with Crippen LogP contribution in [0.25, 0.3) is 0 Å². The fourth-order valence-corrected chi connectivity index (χ4v) is 3.77. The zero-order valence-electron chi connectivity index (χ0n) is 11.7. The SMILES string of the molecule is Cc1ccc2c(c1)[C@H]1[C@@H](NC2=O)[C@]1(C)c1ccccc1. The molecule has 1 aliphatic heterocycles. The van der Waals surface area contributed by atoms with Crippen LogP contribution in [0.5, 0.6) is 0 Å². The zero-order valence-corrected chi connectivity index (χ0v) is 11.7. The van der Waals surface area contributed by atoms with Crippen LogP contribution in [0.2, 0.25) is 0 Å². The lowest BCUT2D eigenvalue weighted by atomic mass is 9.90. The molecule has 2 aromatic rings. The van der Waals surface area contributed by atoms with Crippen molar-refractivity contribution in [2.24, 2.45) is 0 Å². The number of fused-ring (bicyclic) bond motifs is 3. The topological polar surface area (TPSA) is 29.1 Å². The Bertz CT molecular complexity index is 707. The van der Waals surface area contributed by atoms with Crippen molar-refractivity contribution in [2.45, 2.75) is 31.2 Å². The summed E-state index contributed by atoms with van der Waals surface area (Å²) < 4.78 is 0. The minimum absolute atomic E-state index is 0.0238. The van der Waals surface area contributed by atoms with Crippen LogP contribution in [0, 0.1) is 6.92 Å². The fourth-order valence-electron chi connectivity index (χ4n) is 3.77. The summed E-state index contributed by atoms with van der Waals surface area (Å²) in [5, 5.41) is 3.18. The number of carbonyl (C=O) groups is 1. The van der Waals surface area contributed by atoms with E-state index in [-0.39, 0.29) is 17.4 Å². The molecule has 20 heavy (non-hydrogen) atoms. The molecule has 1 heterocycles. The van der Waals surface area contributed by atoms with Crippen LogP contribution in [0.3, 0.4) is 0 Å². The molecule has 0 saturated heterocycles. The van der Waals surface area contributed by atoms with Gasteiger partial charge < -0.3 is 5.32 Å². The minimum atomic E-state index is 0.0238. The summed E-state index contributed by atoms with van der Waals surface area (Å²) >= 11 is 0. The highest BCUT2D eigenvalue weighted by molar-refractivity contribution is 5.99. The molecule has 1 fully saturated rings. The van der Waals surface area contributed by atoms with E-state index >= 15 is 0 Å². The second-order valence-corrected chi connectivity index (χ2v) is 6.17. The first-order valence-corrected chi connectivity index (χ1v) is 7.09. The fraction of sp³-hybridized carbons (Fsp3) is 0.278. The number of hydrogen-bond acceptors (Lipinski definition) is 1. The van der Waals surface area contributed by atoms with Crippen LogP contribution in [0.15, 0.2) is 48.5 Å². The molecule has 1 N–H and O–H groups in total. The Labute approximate surface area is 118 Å². The molecule has 0 unspecified atom stereocenters. The lowest BCUT2D eigenvalue weighted by molar-refractivity contribution is 0.0942. The molecular formula is C18H17NO. The Hall–Kier alpha value is -2.09. The maximum Gasteiger partial charge on any atom is 0.251 e. The highest BCUT2D eigenvalue weighted by Gasteiger charge is 2.65. The minimum Gasteiger partial charge on any atom is -0.348 e. The molecule has 0 bridgehead atoms. The normalized spacial score (nSPS) is 30.2. The van der Waals surface area contributed by atoms with Crippen LogP contribution < -0.4 is 5.32 Å². The first-order chi connectivity index (χ1) is 9.62. The van der Waals surface area contributed by atoms with Crippen LogP contribution in [0.1, 0.15) is 39.9 Å². The third-order valence-electron chi connectivity index (χ3n) is 4.99. The lowest BCUT2D eigenvalue weighted by Crippen LogP contribution is -2.33. The summed E-state index contributed by atoms with van der Waals surface area (Å²) in [6.45, 7) is 4.35. The number of nitrogens with one attached hydrogen (secondary N) is 1. The van der Waals surface area contributed by atoms with E-state index in [1.807, 2.05) is 18.2 Å². The monoisotopic (exact) mass is 263 g/mol. The van der Waals surface area contributed by atoms with E-state index in [0.29, 0.717) is 5.92 Å². The van der Waals surface area contributed by atoms with Gasteiger partial charge in [0.1, 0.15) is 0 Å². The predicted molar refractivity (Wildman–Crippen MR) is 79.0 cm³/mol. The largest absolute Gasteiger partial charge is 0.348 e. The summed E-state index contributed by atoms with van der Waals surface area (Å²) in [6, 6.07) is 16.9. The van der Waals surface area contributed by atoms with Crippen molar-refractivity contribution >= 4 is 5.91 Å². The van der Waals surface area contributed by atoms with E-state index in [4.69, 9.17) is 0 Å². The van der Waals surface area contributed by atoms with Gasteiger partial charge in [-0.15, -0.1) is 0 Å². The molecule has 0 spiro atoms. The van der Waals surface area contributed by atoms with Crippen molar-refractivity contribution in [3.8, 4) is 0 Å². The zero-order chi connectivity index (χ0) is 13.9. The van der Waals surface area contributed by atoms with Gasteiger partial charge in [0.05, 0.1) is 0 Å². The Morgan fingerprint density at radius 1 is 1.10 bits per heavy atom. The summed E-state index contributed by atoms with van der Waals surface area (Å²) in [6.07, 6.45) is 0. The van der Waals surface area contributed by atoms with Crippen LogP contribution in [-0.2, 0) is 5.41 Å². The van der Waals surface area contributed by atoms with Gasteiger partial charge in [0.15, 0.2) is 0 Å². The third kappa shape index (κ3) is 1.36. The molecule has 0 aromatic heterocycles. The van der Waals surface area contributed by atoms with E-state index in [9.17, 15) is 4.79 Å². The maximum atomic E-state index is 12.2. The van der Waals surface area contributed by atoms with Gasteiger partial charge in [0, 0.05) is 22.9 Å². The summed E-state index contributed by atoms with van der Waals surface area (Å²) in [4.78, 5) is 12.2. The number of hydrogen-bond donors (Lipinski definition) is 1. The van der Waals surface area contributed by atoms with Gasteiger partial charge in [0.25, 0.3) is 5.91 Å². The average Bonchev–Trinajstić information content (AvgIpc) is 3.06. The Kier molecular flexibility index (Phi) is 2.18. The standard InChI is InChI=1S/C18H17NO/c1-11-8-9-13-14(10-11)15-16(19-17(13)20)18(15,2)12-6-4-3-5-7-12/h3-10,15-16H,1-2H3,(H,19,20)/t15-,16+,18+/m0/s1. The van der Waals surface area contributed by atoms with Gasteiger partial charge in [-0.2, -0.15) is 0 Å². The van der Waals surface area contributed by atoms with E-state index < -0.39 is 0 Å². The van der Waals surface area contributed by atoms with E-state index in [2.05, 4.69) is 49.5 Å². The number of amides is 1. The second-order valence-electron chi connectivity index (χ2n) is 6.17. The molecular weight excluding hydrogens is 246 g/mol. The molecule has 2 aromatic carbocycles. The third-order valence-corrected chi connectivity index (χ3v) is 4.99. The van der Waals surface area contributed by atoms with Crippen LogP contribution in [-0.4, -0.2) is 11.9 Å². The first kappa shape index (κ1) is 11.7. The highest BCUT2D eigenvalue weighted by Crippen LogP contribution is 2.62. The van der Waals surface area contributed by atoms with Crippen LogP contribution in [0.4, 0.5) is 0 Å². The molecule has 0 radical (unpaired) electrons. The van der Waals surface area contributed by atoms with Gasteiger partial charge in [0.2, 0.25) is 0 Å². The molecule has 100 valence electrons. The maximum absolute atomic E-state index is 12.2. The Morgan fingerprint density at radius 2 is 1.85 bits per heavy atom. The van der Waals surface area contributed by atoms with Crippen molar-refractivity contribution < 1.29 is 4.79 Å². The molecule has 4 rings (SSSR count). The Balaban J connectivity index is 1.86. The lowest BCUT2D eigenvalue weighted by Gasteiger charge is -2.15. The first-order valence-electron chi connectivity index (χ1n) is 7.09. The van der Waals surface area contributed by atoms with Gasteiger partial charge >= 0.3 is 0 Å². The smallest absolute Gasteiger partial charge is 0.251 e. The molecule has 2 nitrogen and oxygen atoms in total. The molecule has 3 atom stereocenters. The number of aryl methyl sites for hydroxylation is 1.